The lowest BCUT2D eigenvalue weighted by atomic mass is 10.00. The minimum Gasteiger partial charge on any atom is -0.446 e. The van der Waals surface area contributed by atoms with Gasteiger partial charge in [0, 0.05) is 18.5 Å². The van der Waals surface area contributed by atoms with E-state index in [1.165, 1.54) is 0 Å². The first kappa shape index (κ1) is 14.6. The van der Waals surface area contributed by atoms with Crippen LogP contribution in [0.2, 0.25) is 0 Å². The lowest BCUT2D eigenvalue weighted by molar-refractivity contribution is 0.0983. The number of hydrogen-bond donors (Lipinski definition) is 0. The Bertz CT molecular complexity index is 549. The van der Waals surface area contributed by atoms with E-state index in [1.807, 2.05) is 39.8 Å². The highest BCUT2D eigenvalue weighted by Crippen LogP contribution is 2.30. The number of amides is 1. The third-order valence-corrected chi connectivity index (χ3v) is 3.55. The summed E-state index contributed by atoms with van der Waals surface area (Å²) in [6, 6.07) is 3.80. The van der Waals surface area contributed by atoms with Gasteiger partial charge in [0.25, 0.3) is 0 Å². The van der Waals surface area contributed by atoms with Crippen LogP contribution in [0.5, 0.6) is 0 Å². The summed E-state index contributed by atoms with van der Waals surface area (Å²) < 4.78 is 5.28. The summed E-state index contributed by atoms with van der Waals surface area (Å²) in [5.74, 6) is 0.1000. The number of hydrogen-bond acceptors (Lipinski definition) is 3. The van der Waals surface area contributed by atoms with Crippen molar-refractivity contribution in [1.29, 1.82) is 0 Å². The molecule has 0 saturated heterocycles. The van der Waals surface area contributed by atoms with Crippen molar-refractivity contribution in [3.8, 4) is 0 Å². The molecular weight excluding hydrogens is 254 g/mol. The van der Waals surface area contributed by atoms with Crippen LogP contribution in [0.1, 0.15) is 48.2 Å². The van der Waals surface area contributed by atoms with Gasteiger partial charge in [-0.25, -0.2) is 4.79 Å². The number of nitrogens with zero attached hydrogens (tertiary/aromatic N) is 1. The van der Waals surface area contributed by atoms with E-state index in [-0.39, 0.29) is 18.0 Å². The molecule has 0 fully saturated rings. The minimum atomic E-state index is -0.376. The zero-order chi connectivity index (χ0) is 14.9. The molecule has 0 aromatic heterocycles. The largest absolute Gasteiger partial charge is 0.446 e. The Kier molecular flexibility index (Phi) is 4.12. The average molecular weight is 275 g/mol. The molecule has 1 aromatic rings. The molecule has 1 aromatic carbocycles. The highest BCUT2D eigenvalue weighted by atomic mass is 16.6. The van der Waals surface area contributed by atoms with Crippen molar-refractivity contribution in [2.75, 3.05) is 11.4 Å². The van der Waals surface area contributed by atoms with Crippen molar-refractivity contribution in [3.05, 3.63) is 28.8 Å². The van der Waals surface area contributed by atoms with Gasteiger partial charge >= 0.3 is 6.09 Å². The van der Waals surface area contributed by atoms with Crippen LogP contribution in [0.25, 0.3) is 0 Å². The second-order valence-electron chi connectivity index (χ2n) is 5.56. The Balaban J connectivity index is 2.46. The third kappa shape index (κ3) is 2.84. The molecule has 20 heavy (non-hydrogen) atoms. The maximum Gasteiger partial charge on any atom is 0.414 e. The molecule has 0 radical (unpaired) electrons. The van der Waals surface area contributed by atoms with Gasteiger partial charge in [0.2, 0.25) is 0 Å². The predicted octanol–water partition coefficient (Wildman–Crippen LogP) is 3.63. The third-order valence-electron chi connectivity index (χ3n) is 3.55. The van der Waals surface area contributed by atoms with E-state index in [2.05, 4.69) is 0 Å². The fraction of sp³-hybridized carbons (Fsp3) is 0.500. The highest BCUT2D eigenvalue weighted by molar-refractivity contribution is 6.05. The molecule has 0 saturated carbocycles. The standard InChI is InChI=1S/C16H21NO3/c1-10(2)20-16(19)17-7-5-6-15(18)13-8-11(3)12(4)9-14(13)17/h8-10H,5-7H2,1-4H3. The van der Waals surface area contributed by atoms with Gasteiger partial charge in [0.1, 0.15) is 0 Å². The van der Waals surface area contributed by atoms with Crippen molar-refractivity contribution >= 4 is 17.6 Å². The fourth-order valence-electron chi connectivity index (χ4n) is 2.36. The van der Waals surface area contributed by atoms with Crippen molar-refractivity contribution in [2.24, 2.45) is 0 Å². The number of fused-ring (bicyclic) bond motifs is 1. The van der Waals surface area contributed by atoms with Crippen molar-refractivity contribution in [2.45, 2.75) is 46.6 Å². The van der Waals surface area contributed by atoms with Gasteiger partial charge in [-0.3, -0.25) is 9.69 Å². The Labute approximate surface area is 119 Å². The first-order chi connectivity index (χ1) is 9.40. The molecule has 0 N–H and O–H groups in total. The molecule has 1 aliphatic rings. The van der Waals surface area contributed by atoms with E-state index in [1.54, 1.807) is 4.90 Å². The van der Waals surface area contributed by atoms with E-state index in [0.717, 1.165) is 11.1 Å². The van der Waals surface area contributed by atoms with Gasteiger partial charge < -0.3 is 4.74 Å². The van der Waals surface area contributed by atoms with Crippen molar-refractivity contribution in [1.82, 2.24) is 0 Å². The van der Waals surface area contributed by atoms with Crippen LogP contribution in [0, 0.1) is 13.8 Å². The number of rotatable bonds is 1. The van der Waals surface area contributed by atoms with Crippen LogP contribution in [-0.4, -0.2) is 24.5 Å². The predicted molar refractivity (Wildman–Crippen MR) is 78.4 cm³/mol. The molecule has 4 heteroatoms. The van der Waals surface area contributed by atoms with Crippen LogP contribution in [0.15, 0.2) is 12.1 Å². The topological polar surface area (TPSA) is 46.6 Å². The molecule has 1 amide bonds. The number of aryl methyl sites for hydroxylation is 2. The van der Waals surface area contributed by atoms with Crippen LogP contribution < -0.4 is 4.90 Å². The molecule has 1 heterocycles. The average Bonchev–Trinajstić information content (AvgIpc) is 2.50. The quantitative estimate of drug-likeness (QED) is 0.786. The van der Waals surface area contributed by atoms with Crippen molar-refractivity contribution in [3.63, 3.8) is 0 Å². The van der Waals surface area contributed by atoms with Crippen LogP contribution in [0.3, 0.4) is 0 Å². The van der Waals surface area contributed by atoms with E-state index in [4.69, 9.17) is 4.74 Å². The van der Waals surface area contributed by atoms with Gasteiger partial charge in [-0.15, -0.1) is 0 Å². The highest BCUT2D eigenvalue weighted by Gasteiger charge is 2.27. The summed E-state index contributed by atoms with van der Waals surface area (Å²) in [4.78, 5) is 26.0. The molecule has 108 valence electrons. The van der Waals surface area contributed by atoms with Gasteiger partial charge in [0.15, 0.2) is 5.78 Å². The molecule has 0 bridgehead atoms. The monoisotopic (exact) mass is 275 g/mol. The van der Waals surface area contributed by atoms with Crippen LogP contribution in [0.4, 0.5) is 10.5 Å². The zero-order valence-corrected chi connectivity index (χ0v) is 12.5. The lowest BCUT2D eigenvalue weighted by Gasteiger charge is -2.24. The maximum absolute atomic E-state index is 12.2. The Morgan fingerprint density at radius 1 is 1.25 bits per heavy atom. The summed E-state index contributed by atoms with van der Waals surface area (Å²) in [6.45, 7) is 8.12. The summed E-state index contributed by atoms with van der Waals surface area (Å²) >= 11 is 0. The summed E-state index contributed by atoms with van der Waals surface area (Å²) in [6.07, 6.45) is 0.593. The second kappa shape index (κ2) is 5.65. The number of anilines is 1. The van der Waals surface area contributed by atoms with Gasteiger partial charge in [-0.1, -0.05) is 0 Å². The summed E-state index contributed by atoms with van der Waals surface area (Å²) in [5, 5.41) is 0. The molecule has 4 nitrogen and oxygen atoms in total. The van der Waals surface area contributed by atoms with Gasteiger partial charge in [-0.05, 0) is 57.4 Å². The normalized spacial score (nSPS) is 15.1. The molecule has 0 atom stereocenters. The Morgan fingerprint density at radius 3 is 2.55 bits per heavy atom. The summed E-state index contributed by atoms with van der Waals surface area (Å²) in [5.41, 5.74) is 3.45. The lowest BCUT2D eigenvalue weighted by Crippen LogP contribution is -2.34. The SMILES string of the molecule is Cc1cc2c(cc1C)N(C(=O)OC(C)C)CCCC2=O. The zero-order valence-electron chi connectivity index (χ0n) is 12.5. The van der Waals surface area contributed by atoms with Crippen LogP contribution in [-0.2, 0) is 4.74 Å². The van der Waals surface area contributed by atoms with E-state index < -0.39 is 0 Å². The second-order valence-corrected chi connectivity index (χ2v) is 5.56. The molecule has 0 unspecified atom stereocenters. The van der Waals surface area contributed by atoms with Crippen LogP contribution >= 0.6 is 0 Å². The Hall–Kier alpha value is -1.84. The van der Waals surface area contributed by atoms with E-state index >= 15 is 0 Å². The first-order valence-electron chi connectivity index (χ1n) is 7.02. The molecule has 0 aliphatic carbocycles. The maximum atomic E-state index is 12.2. The first-order valence-corrected chi connectivity index (χ1v) is 7.02. The number of ether oxygens (including phenoxy) is 1. The number of carbonyl (C=O) groups is 2. The van der Waals surface area contributed by atoms with Gasteiger partial charge in [0.05, 0.1) is 11.8 Å². The smallest absolute Gasteiger partial charge is 0.414 e. The number of ketones is 1. The molecule has 0 spiro atoms. The van der Waals surface area contributed by atoms with E-state index in [0.29, 0.717) is 30.6 Å². The molecule has 2 rings (SSSR count). The molecular formula is C16H21NO3. The Morgan fingerprint density at radius 2 is 1.90 bits per heavy atom. The number of benzene rings is 1. The fourth-order valence-corrected chi connectivity index (χ4v) is 2.36. The van der Waals surface area contributed by atoms with Crippen molar-refractivity contribution < 1.29 is 14.3 Å². The number of carbonyl (C=O) groups excluding carboxylic acids is 2. The summed E-state index contributed by atoms with van der Waals surface area (Å²) in [7, 11) is 0. The number of Topliss-reactive ketones (excluding diaryl/α,β-unsaturated/α-hetero) is 1. The minimum absolute atomic E-state index is 0.1000. The van der Waals surface area contributed by atoms with Gasteiger partial charge in [-0.2, -0.15) is 0 Å². The van der Waals surface area contributed by atoms with E-state index in [9.17, 15) is 9.59 Å². The molecule has 1 aliphatic heterocycles.